The van der Waals surface area contributed by atoms with Crippen molar-refractivity contribution in [2.75, 3.05) is 11.6 Å². The van der Waals surface area contributed by atoms with Crippen LogP contribution in [0.5, 0.6) is 5.75 Å². The minimum Gasteiger partial charge on any atom is -0.508 e. The predicted molar refractivity (Wildman–Crippen MR) is 113 cm³/mol. The maximum atomic E-state index is 12.3. The van der Waals surface area contributed by atoms with Gasteiger partial charge in [0, 0.05) is 32.2 Å². The quantitative estimate of drug-likeness (QED) is 0.281. The molecular formula is C19H18INO5S. The Morgan fingerprint density at radius 3 is 2.59 bits per heavy atom. The van der Waals surface area contributed by atoms with E-state index in [2.05, 4.69) is 27.9 Å². The van der Waals surface area contributed by atoms with Crippen LogP contribution in [0.2, 0.25) is 0 Å². The molecule has 0 heterocycles. The highest BCUT2D eigenvalue weighted by molar-refractivity contribution is 14.1. The summed E-state index contributed by atoms with van der Waals surface area (Å²) in [5.41, 5.74) is 0.981. The Labute approximate surface area is 174 Å². The number of thioether (sulfide) groups is 1. The molecule has 2 aromatic rings. The minimum atomic E-state index is -1.10. The lowest BCUT2D eigenvalue weighted by Gasteiger charge is -2.19. The molecule has 142 valence electrons. The zero-order chi connectivity index (χ0) is 19.8. The molecule has 27 heavy (non-hydrogen) atoms. The van der Waals surface area contributed by atoms with Crippen molar-refractivity contribution in [1.82, 2.24) is 0 Å². The number of hydrogen-bond acceptors (Lipinski definition) is 5. The minimum absolute atomic E-state index is 0.0266. The maximum absolute atomic E-state index is 12.3. The summed E-state index contributed by atoms with van der Waals surface area (Å²) in [6.07, 6.45) is 2.89. The van der Waals surface area contributed by atoms with Crippen LogP contribution in [0.1, 0.15) is 18.1 Å². The van der Waals surface area contributed by atoms with E-state index in [1.807, 2.05) is 18.4 Å². The number of halogens is 1. The monoisotopic (exact) mass is 499 g/mol. The van der Waals surface area contributed by atoms with Gasteiger partial charge in [-0.15, -0.1) is 11.8 Å². The molecule has 0 bridgehead atoms. The Kier molecular flexibility index (Phi) is 7.99. The lowest BCUT2D eigenvalue weighted by Crippen LogP contribution is -2.17. The van der Waals surface area contributed by atoms with Crippen LogP contribution in [-0.4, -0.2) is 28.5 Å². The summed E-state index contributed by atoms with van der Waals surface area (Å²) >= 11 is 3.67. The smallest absolute Gasteiger partial charge is 0.412 e. The summed E-state index contributed by atoms with van der Waals surface area (Å²) in [5.74, 6) is -1.12. The second kappa shape index (κ2) is 10.2. The van der Waals surface area contributed by atoms with Gasteiger partial charge in [-0.2, -0.15) is 0 Å². The molecule has 6 nitrogen and oxygen atoms in total. The van der Waals surface area contributed by atoms with E-state index >= 15 is 0 Å². The number of amides is 1. The Morgan fingerprint density at radius 2 is 1.96 bits per heavy atom. The molecule has 8 heteroatoms. The Balaban J connectivity index is 2.15. The van der Waals surface area contributed by atoms with Crippen molar-refractivity contribution < 1.29 is 24.5 Å². The number of rotatable bonds is 7. The van der Waals surface area contributed by atoms with Crippen LogP contribution in [-0.2, 0) is 9.53 Å². The van der Waals surface area contributed by atoms with Gasteiger partial charge in [-0.3, -0.25) is 5.32 Å². The number of nitrogens with one attached hydrogen (secondary N) is 1. The van der Waals surface area contributed by atoms with Crippen LogP contribution in [0.15, 0.2) is 59.5 Å². The van der Waals surface area contributed by atoms with Crippen LogP contribution in [0.4, 0.5) is 10.5 Å². The number of carboxylic acids is 1. The number of carbonyl (C=O) groups is 2. The highest BCUT2D eigenvalue weighted by Gasteiger charge is 2.20. The van der Waals surface area contributed by atoms with Gasteiger partial charge in [-0.25, -0.2) is 9.59 Å². The van der Waals surface area contributed by atoms with Gasteiger partial charge in [-0.05, 0) is 71.3 Å². The first-order valence-corrected chi connectivity index (χ1v) is 10.2. The van der Waals surface area contributed by atoms with Crippen molar-refractivity contribution >= 4 is 52.1 Å². The molecule has 1 atom stereocenters. The molecule has 3 N–H and O–H groups in total. The first kappa shape index (κ1) is 21.1. The Hall–Kier alpha value is -2.20. The number of aliphatic carboxylic acids is 1. The summed E-state index contributed by atoms with van der Waals surface area (Å²) < 4.78 is 6.30. The topological polar surface area (TPSA) is 95.9 Å². The Bertz CT molecular complexity index is 838. The highest BCUT2D eigenvalue weighted by Crippen LogP contribution is 2.31. The largest absolute Gasteiger partial charge is 0.508 e. The van der Waals surface area contributed by atoms with Gasteiger partial charge in [-0.1, -0.05) is 6.08 Å². The van der Waals surface area contributed by atoms with Crippen molar-refractivity contribution in [3.63, 3.8) is 0 Å². The molecule has 0 spiro atoms. The molecule has 0 saturated heterocycles. The zero-order valence-electron chi connectivity index (χ0n) is 14.4. The van der Waals surface area contributed by atoms with Crippen molar-refractivity contribution in [1.29, 1.82) is 0 Å². The van der Waals surface area contributed by atoms with Crippen LogP contribution in [0, 0.1) is 3.57 Å². The number of anilines is 1. The van der Waals surface area contributed by atoms with E-state index in [0.29, 0.717) is 11.3 Å². The molecule has 2 aromatic carbocycles. The molecular weight excluding hydrogens is 481 g/mol. The SMILES string of the molecule is CSc1ccc(NC(=O)O[C@H](C/C=C/C(=O)O)c2cc(I)ccc2O)cc1. The predicted octanol–water partition coefficient (Wildman–Crippen LogP) is 5.04. The summed E-state index contributed by atoms with van der Waals surface area (Å²) in [7, 11) is 0. The molecule has 0 radical (unpaired) electrons. The van der Waals surface area contributed by atoms with Gasteiger partial charge < -0.3 is 14.9 Å². The molecule has 0 aliphatic carbocycles. The van der Waals surface area contributed by atoms with Gasteiger partial charge in [0.2, 0.25) is 0 Å². The van der Waals surface area contributed by atoms with Crippen LogP contribution in [0.25, 0.3) is 0 Å². The lowest BCUT2D eigenvalue weighted by atomic mass is 10.1. The summed E-state index contributed by atoms with van der Waals surface area (Å²) in [4.78, 5) is 24.0. The first-order chi connectivity index (χ1) is 12.9. The third kappa shape index (κ3) is 6.79. The molecule has 0 aliphatic rings. The molecule has 0 saturated carbocycles. The summed E-state index contributed by atoms with van der Waals surface area (Å²) in [6.45, 7) is 0. The number of carboxylic acid groups (broad SMARTS) is 1. The number of phenolic OH excluding ortho intramolecular Hbond substituents is 1. The number of benzene rings is 2. The van der Waals surface area contributed by atoms with Gasteiger partial charge >= 0.3 is 12.1 Å². The third-order valence-electron chi connectivity index (χ3n) is 3.53. The standard InChI is InChI=1S/C19H18INO5S/c1-27-14-8-6-13(7-9-14)21-19(25)26-17(3-2-4-18(23)24)15-11-12(20)5-10-16(15)22/h2,4-11,17,22H,3H2,1H3,(H,21,25)(H,23,24)/b4-2+/t17-/m1/s1. The number of aromatic hydroxyl groups is 1. The van der Waals surface area contributed by atoms with E-state index in [4.69, 9.17) is 9.84 Å². The maximum Gasteiger partial charge on any atom is 0.412 e. The number of carbonyl (C=O) groups excluding carboxylic acids is 1. The molecule has 0 fully saturated rings. The molecule has 1 amide bonds. The van der Waals surface area contributed by atoms with Crippen LogP contribution < -0.4 is 5.32 Å². The van der Waals surface area contributed by atoms with E-state index in [1.54, 1.807) is 36.0 Å². The van der Waals surface area contributed by atoms with Gasteiger partial charge in [0.1, 0.15) is 11.9 Å². The first-order valence-electron chi connectivity index (χ1n) is 7.88. The second-order valence-corrected chi connectivity index (χ2v) is 7.55. The Morgan fingerprint density at radius 1 is 1.26 bits per heavy atom. The number of hydrogen-bond donors (Lipinski definition) is 3. The van der Waals surface area contributed by atoms with Crippen molar-refractivity contribution in [2.45, 2.75) is 17.4 Å². The molecule has 2 rings (SSSR count). The van der Waals surface area contributed by atoms with E-state index in [-0.39, 0.29) is 12.2 Å². The third-order valence-corrected chi connectivity index (χ3v) is 4.95. The van der Waals surface area contributed by atoms with E-state index in [9.17, 15) is 14.7 Å². The molecule has 0 unspecified atom stereocenters. The van der Waals surface area contributed by atoms with E-state index < -0.39 is 18.2 Å². The summed E-state index contributed by atoms with van der Waals surface area (Å²) in [5, 5.41) is 21.5. The molecule has 0 aromatic heterocycles. The van der Waals surface area contributed by atoms with Gasteiger partial charge in [0.25, 0.3) is 0 Å². The molecule has 0 aliphatic heterocycles. The average Bonchev–Trinajstić information content (AvgIpc) is 2.63. The van der Waals surface area contributed by atoms with Gasteiger partial charge in [0.15, 0.2) is 0 Å². The fraction of sp³-hybridized carbons (Fsp3) is 0.158. The zero-order valence-corrected chi connectivity index (χ0v) is 17.4. The highest BCUT2D eigenvalue weighted by atomic mass is 127. The van der Waals surface area contributed by atoms with E-state index in [1.165, 1.54) is 12.1 Å². The average molecular weight is 499 g/mol. The van der Waals surface area contributed by atoms with Crippen LogP contribution in [0.3, 0.4) is 0 Å². The normalized spacial score (nSPS) is 11.9. The van der Waals surface area contributed by atoms with Crippen LogP contribution >= 0.6 is 34.4 Å². The van der Waals surface area contributed by atoms with E-state index in [0.717, 1.165) is 14.5 Å². The van der Waals surface area contributed by atoms with Crippen molar-refractivity contribution in [3.8, 4) is 5.75 Å². The fourth-order valence-corrected chi connectivity index (χ4v) is 3.19. The van der Waals surface area contributed by atoms with Crippen molar-refractivity contribution in [3.05, 3.63) is 63.8 Å². The number of phenols is 1. The summed E-state index contributed by atoms with van der Waals surface area (Å²) in [6, 6.07) is 12.2. The lowest BCUT2D eigenvalue weighted by molar-refractivity contribution is -0.131. The second-order valence-electron chi connectivity index (χ2n) is 5.43. The van der Waals surface area contributed by atoms with Gasteiger partial charge in [0.05, 0.1) is 0 Å². The number of ether oxygens (including phenoxy) is 1. The fourth-order valence-electron chi connectivity index (χ4n) is 2.27. The van der Waals surface area contributed by atoms with Crippen molar-refractivity contribution in [2.24, 2.45) is 0 Å².